The van der Waals surface area contributed by atoms with E-state index in [-0.39, 0.29) is 0 Å². The van der Waals surface area contributed by atoms with Crippen molar-refractivity contribution >= 4 is 5.82 Å². The van der Waals surface area contributed by atoms with Gasteiger partial charge in [-0.2, -0.15) is 5.26 Å². The van der Waals surface area contributed by atoms with Gasteiger partial charge in [-0.25, -0.2) is 4.98 Å². The third-order valence-electron chi connectivity index (χ3n) is 4.28. The number of nitrogens with one attached hydrogen (secondary N) is 1. The summed E-state index contributed by atoms with van der Waals surface area (Å²) in [7, 11) is 0. The molecule has 1 aliphatic carbocycles. The van der Waals surface area contributed by atoms with E-state index in [1.165, 1.54) is 36.1 Å². The first-order chi connectivity index (χ1) is 10.2. The maximum absolute atomic E-state index is 9.54. The molecule has 3 nitrogen and oxygen atoms in total. The Morgan fingerprint density at radius 2 is 1.81 bits per heavy atom. The van der Waals surface area contributed by atoms with Crippen LogP contribution < -0.4 is 10.7 Å². The summed E-state index contributed by atoms with van der Waals surface area (Å²) in [4.78, 5) is 3.26. The molecule has 3 rings (SSSR count). The molecule has 0 amide bonds. The maximum Gasteiger partial charge on any atom is 0.289 e. The Bertz CT molecular complexity index is 709. The Morgan fingerprint density at radius 1 is 1.10 bits per heavy atom. The van der Waals surface area contributed by atoms with Crippen molar-refractivity contribution in [1.29, 1.82) is 5.26 Å². The quantitative estimate of drug-likeness (QED) is 0.814. The maximum atomic E-state index is 9.54. The predicted octanol–water partition coefficient (Wildman–Crippen LogP) is 3.20. The van der Waals surface area contributed by atoms with Gasteiger partial charge in [0.15, 0.2) is 0 Å². The van der Waals surface area contributed by atoms with Gasteiger partial charge in [-0.1, -0.05) is 36.2 Å². The zero-order chi connectivity index (χ0) is 14.8. The molecule has 0 bridgehead atoms. The highest BCUT2D eigenvalue weighted by atomic mass is 14.9. The van der Waals surface area contributed by atoms with E-state index < -0.39 is 0 Å². The van der Waals surface area contributed by atoms with Gasteiger partial charge in [0.1, 0.15) is 17.3 Å². The minimum atomic E-state index is 0.494. The van der Waals surface area contributed by atoms with Crippen molar-refractivity contribution < 1.29 is 4.98 Å². The van der Waals surface area contributed by atoms with Gasteiger partial charge < -0.3 is 0 Å². The number of H-pyrrole nitrogens is 1. The normalized spacial score (nSPS) is 14.1. The van der Waals surface area contributed by atoms with Crippen molar-refractivity contribution in [2.24, 2.45) is 0 Å². The highest BCUT2D eigenvalue weighted by Gasteiger charge is 2.23. The molecule has 0 saturated carbocycles. The molecule has 0 saturated heterocycles. The van der Waals surface area contributed by atoms with E-state index in [4.69, 9.17) is 5.73 Å². The lowest BCUT2D eigenvalue weighted by atomic mass is 9.91. The molecule has 0 atom stereocenters. The Balaban J connectivity index is 2.28. The Hall–Kier alpha value is -2.34. The number of nitriles is 1. The molecule has 21 heavy (non-hydrogen) atoms. The molecule has 106 valence electrons. The van der Waals surface area contributed by atoms with Crippen LogP contribution in [0.5, 0.6) is 0 Å². The number of anilines is 1. The Kier molecular flexibility index (Phi) is 3.62. The summed E-state index contributed by atoms with van der Waals surface area (Å²) in [6.45, 7) is 2.07. The van der Waals surface area contributed by atoms with Gasteiger partial charge in [0.2, 0.25) is 0 Å². The van der Waals surface area contributed by atoms with Crippen molar-refractivity contribution in [3.8, 4) is 17.2 Å². The van der Waals surface area contributed by atoms with Crippen molar-refractivity contribution in [1.82, 2.24) is 0 Å². The monoisotopic (exact) mass is 278 g/mol. The van der Waals surface area contributed by atoms with Crippen LogP contribution in [0.1, 0.15) is 41.6 Å². The highest BCUT2D eigenvalue weighted by molar-refractivity contribution is 5.77. The number of hydrogen-bond donors (Lipinski definition) is 1. The second kappa shape index (κ2) is 5.57. The molecule has 3 heteroatoms. The lowest BCUT2D eigenvalue weighted by Crippen LogP contribution is -2.21. The predicted molar refractivity (Wildman–Crippen MR) is 83.6 cm³/mol. The number of benzene rings is 1. The van der Waals surface area contributed by atoms with E-state index in [1.807, 2.05) is 0 Å². The Morgan fingerprint density at radius 3 is 2.52 bits per heavy atom. The zero-order valence-corrected chi connectivity index (χ0v) is 12.4. The third-order valence-corrected chi connectivity index (χ3v) is 4.28. The number of aryl methyl sites for hydroxylation is 2. The molecule has 0 aliphatic heterocycles. The molecule has 2 aromatic rings. The average molecular weight is 278 g/mol. The summed E-state index contributed by atoms with van der Waals surface area (Å²) in [5, 5.41) is 9.54. The van der Waals surface area contributed by atoms with Crippen molar-refractivity contribution in [3.05, 3.63) is 46.6 Å². The third kappa shape index (κ3) is 2.50. The van der Waals surface area contributed by atoms with E-state index in [0.29, 0.717) is 11.4 Å². The smallest absolute Gasteiger partial charge is 0.286 e. The molecule has 0 unspecified atom stereocenters. The zero-order valence-electron chi connectivity index (χ0n) is 12.4. The average Bonchev–Trinajstić information content (AvgIpc) is 2.72. The minimum Gasteiger partial charge on any atom is -0.286 e. The summed E-state index contributed by atoms with van der Waals surface area (Å²) in [5.74, 6) is 0.494. The number of rotatable bonds is 1. The van der Waals surface area contributed by atoms with Crippen LogP contribution in [-0.2, 0) is 12.8 Å². The standard InChI is InChI=1S/C18H19N3/c1-12-7-9-13(10-8-12)17-14-5-3-2-4-6-16(14)21-18(20)15(17)11-19/h7-10H,2-6H2,1H3,(H2,20,21)/p+1. The minimum absolute atomic E-state index is 0.494. The summed E-state index contributed by atoms with van der Waals surface area (Å²) < 4.78 is 0. The number of aromatic nitrogens is 1. The molecule has 0 radical (unpaired) electrons. The van der Waals surface area contributed by atoms with Gasteiger partial charge in [0.05, 0.1) is 0 Å². The molecular formula is C18H20N3+. The number of nitrogen functional groups attached to an aromatic ring is 1. The molecule has 1 heterocycles. The lowest BCUT2D eigenvalue weighted by Gasteiger charge is -2.13. The van der Waals surface area contributed by atoms with Gasteiger partial charge in [-0.05, 0) is 31.7 Å². The van der Waals surface area contributed by atoms with Crippen LogP contribution in [0, 0.1) is 18.3 Å². The summed E-state index contributed by atoms with van der Waals surface area (Å²) >= 11 is 0. The van der Waals surface area contributed by atoms with Crippen molar-refractivity contribution in [3.63, 3.8) is 0 Å². The highest BCUT2D eigenvalue weighted by Crippen LogP contribution is 2.33. The second-order valence-electron chi connectivity index (χ2n) is 5.78. The number of pyridine rings is 1. The number of nitrogens with two attached hydrogens (primary N) is 1. The fourth-order valence-corrected chi connectivity index (χ4v) is 3.16. The van der Waals surface area contributed by atoms with Gasteiger partial charge in [0, 0.05) is 17.5 Å². The summed E-state index contributed by atoms with van der Waals surface area (Å²) in [5.41, 5.74) is 12.5. The van der Waals surface area contributed by atoms with Crippen LogP contribution in [0.4, 0.5) is 5.82 Å². The topological polar surface area (TPSA) is 64.0 Å². The molecule has 0 fully saturated rings. The first kappa shape index (κ1) is 13.6. The molecule has 1 aromatic carbocycles. The van der Waals surface area contributed by atoms with Gasteiger partial charge in [-0.3, -0.25) is 5.73 Å². The van der Waals surface area contributed by atoms with Gasteiger partial charge >= 0.3 is 0 Å². The fourth-order valence-electron chi connectivity index (χ4n) is 3.16. The second-order valence-corrected chi connectivity index (χ2v) is 5.78. The number of fused-ring (bicyclic) bond motifs is 1. The molecule has 0 spiro atoms. The first-order valence-corrected chi connectivity index (χ1v) is 7.54. The van der Waals surface area contributed by atoms with Crippen LogP contribution >= 0.6 is 0 Å². The first-order valence-electron chi connectivity index (χ1n) is 7.54. The van der Waals surface area contributed by atoms with Crippen molar-refractivity contribution in [2.45, 2.75) is 39.0 Å². The number of hydrogen-bond acceptors (Lipinski definition) is 2. The van der Waals surface area contributed by atoms with Crippen LogP contribution in [-0.4, -0.2) is 0 Å². The number of nitrogens with zero attached hydrogens (tertiary/aromatic N) is 1. The molecule has 1 aromatic heterocycles. The molecule has 3 N–H and O–H groups in total. The van der Waals surface area contributed by atoms with E-state index in [0.717, 1.165) is 24.0 Å². The van der Waals surface area contributed by atoms with Crippen LogP contribution in [0.3, 0.4) is 0 Å². The van der Waals surface area contributed by atoms with E-state index in [9.17, 15) is 5.26 Å². The van der Waals surface area contributed by atoms with E-state index in [2.05, 4.69) is 42.2 Å². The lowest BCUT2D eigenvalue weighted by molar-refractivity contribution is -0.373. The van der Waals surface area contributed by atoms with Crippen molar-refractivity contribution in [2.75, 3.05) is 5.73 Å². The molecule has 1 aliphatic rings. The largest absolute Gasteiger partial charge is 0.289 e. The van der Waals surface area contributed by atoms with E-state index in [1.54, 1.807) is 0 Å². The fraction of sp³-hybridized carbons (Fsp3) is 0.333. The Labute approximate surface area is 125 Å². The van der Waals surface area contributed by atoms with Crippen LogP contribution in [0.15, 0.2) is 24.3 Å². The summed E-state index contributed by atoms with van der Waals surface area (Å²) in [6.07, 6.45) is 5.63. The SMILES string of the molecule is Cc1ccc(-c2c(C#N)c(N)[nH+]c3c2CCCCC3)cc1. The van der Waals surface area contributed by atoms with E-state index >= 15 is 0 Å². The number of aromatic amines is 1. The molecular weight excluding hydrogens is 258 g/mol. The van der Waals surface area contributed by atoms with Gasteiger partial charge in [0.25, 0.3) is 5.82 Å². The van der Waals surface area contributed by atoms with Crippen LogP contribution in [0.25, 0.3) is 11.1 Å². The van der Waals surface area contributed by atoms with Crippen LogP contribution in [0.2, 0.25) is 0 Å². The van der Waals surface area contributed by atoms with Gasteiger partial charge in [-0.15, -0.1) is 0 Å². The summed E-state index contributed by atoms with van der Waals surface area (Å²) in [6, 6.07) is 10.7.